The van der Waals surface area contributed by atoms with E-state index < -0.39 is 47.3 Å². The monoisotopic (exact) mass is 1000 g/mol. The second-order valence-electron chi connectivity index (χ2n) is 14.7. The number of amides is 4. The fraction of sp³-hybridized carbons (Fsp3) is 0.250. The summed E-state index contributed by atoms with van der Waals surface area (Å²) in [6, 6.07) is 22.3. The van der Waals surface area contributed by atoms with Crippen LogP contribution in [0.25, 0.3) is 0 Å². The third kappa shape index (κ3) is 15.2. The third-order valence-electron chi connectivity index (χ3n) is 9.47. The zero-order valence-corrected chi connectivity index (χ0v) is 40.2. The van der Waals surface area contributed by atoms with Gasteiger partial charge in [0, 0.05) is 56.4 Å². The van der Waals surface area contributed by atoms with Gasteiger partial charge in [0.2, 0.25) is 12.1 Å². The van der Waals surface area contributed by atoms with Gasteiger partial charge in [-0.15, -0.1) is 23.2 Å². The molecule has 0 saturated carbocycles. The Balaban J connectivity index is 1.33. The van der Waals surface area contributed by atoms with Gasteiger partial charge in [0.25, 0.3) is 23.6 Å². The van der Waals surface area contributed by atoms with Crippen LogP contribution in [0.3, 0.4) is 0 Å². The lowest BCUT2D eigenvalue weighted by atomic mass is 10.1. The first-order chi connectivity index (χ1) is 32.6. The number of ketones is 2. The number of halogens is 4. The molecule has 4 N–H and O–H groups in total. The number of azo groups is 2. The normalized spacial score (nSPS) is 12.0. The van der Waals surface area contributed by atoms with E-state index >= 15 is 0 Å². The molecule has 0 aliphatic rings. The number of rotatable bonds is 22. The van der Waals surface area contributed by atoms with Gasteiger partial charge in [0.05, 0.1) is 36.0 Å². The van der Waals surface area contributed by atoms with Crippen LogP contribution in [0.1, 0.15) is 59.5 Å². The fourth-order valence-corrected chi connectivity index (χ4v) is 7.25. The molecular formula is C48H46Cl4N8O8. The average molecular weight is 1000 g/mol. The lowest BCUT2D eigenvalue weighted by Crippen LogP contribution is -2.32. The molecule has 354 valence electrons. The van der Waals surface area contributed by atoms with Crippen LogP contribution in [0.5, 0.6) is 11.5 Å². The largest absolute Gasteiger partial charge is 0.492 e. The fourth-order valence-electron chi connectivity index (χ4n) is 6.35. The van der Waals surface area contributed by atoms with Crippen molar-refractivity contribution in [3.8, 4) is 11.5 Å². The summed E-state index contributed by atoms with van der Waals surface area (Å²) >= 11 is 24.4. The van der Waals surface area contributed by atoms with Crippen molar-refractivity contribution < 1.29 is 38.2 Å². The molecule has 2 atom stereocenters. The van der Waals surface area contributed by atoms with Gasteiger partial charge in [-0.3, -0.25) is 28.8 Å². The summed E-state index contributed by atoms with van der Waals surface area (Å²) in [4.78, 5) is 79.3. The Morgan fingerprint density at radius 2 is 0.941 bits per heavy atom. The molecule has 0 radical (unpaired) electrons. The predicted octanol–water partition coefficient (Wildman–Crippen LogP) is 11.2. The number of carbonyl (C=O) groups is 6. The highest BCUT2D eigenvalue weighted by Gasteiger charge is 2.28. The molecule has 5 aromatic carbocycles. The summed E-state index contributed by atoms with van der Waals surface area (Å²) in [5, 5.41) is 27.4. The Bertz CT molecular complexity index is 2570. The molecule has 0 heterocycles. The van der Waals surface area contributed by atoms with Crippen molar-refractivity contribution in [2.45, 2.75) is 52.6 Å². The molecule has 0 saturated heterocycles. The molecule has 0 fully saturated rings. The van der Waals surface area contributed by atoms with Crippen LogP contribution in [0.4, 0.5) is 34.1 Å². The van der Waals surface area contributed by atoms with E-state index in [9.17, 15) is 28.8 Å². The minimum atomic E-state index is -1.66. The van der Waals surface area contributed by atoms with Crippen LogP contribution in [-0.2, 0) is 32.0 Å². The van der Waals surface area contributed by atoms with E-state index in [0.29, 0.717) is 36.0 Å². The number of benzene rings is 5. The summed E-state index contributed by atoms with van der Waals surface area (Å²) in [5.74, 6) is -3.16. The predicted molar refractivity (Wildman–Crippen MR) is 265 cm³/mol. The summed E-state index contributed by atoms with van der Waals surface area (Å²) < 4.78 is 11.6. The Kier molecular flexibility index (Phi) is 19.5. The van der Waals surface area contributed by atoms with E-state index in [1.54, 1.807) is 50.2 Å². The van der Waals surface area contributed by atoms with Gasteiger partial charge in [0.15, 0.2) is 11.6 Å². The molecule has 0 aromatic heterocycles. The molecule has 0 aliphatic heterocycles. The molecule has 0 spiro atoms. The summed E-state index contributed by atoms with van der Waals surface area (Å²) in [7, 11) is 0. The first-order valence-corrected chi connectivity index (χ1v) is 22.8. The van der Waals surface area contributed by atoms with Gasteiger partial charge in [-0.1, -0.05) is 47.5 Å². The lowest BCUT2D eigenvalue weighted by Gasteiger charge is -2.19. The molecule has 5 aromatic rings. The quantitative estimate of drug-likeness (QED) is 0.0296. The van der Waals surface area contributed by atoms with Crippen molar-refractivity contribution in [2.24, 2.45) is 20.5 Å². The Labute approximate surface area is 412 Å². The molecule has 68 heavy (non-hydrogen) atoms. The summed E-state index contributed by atoms with van der Waals surface area (Å²) in [6.45, 7) is 5.89. The van der Waals surface area contributed by atoms with Crippen LogP contribution in [0, 0.1) is 0 Å². The van der Waals surface area contributed by atoms with Crippen LogP contribution in [0.2, 0.25) is 10.0 Å². The minimum Gasteiger partial charge on any atom is -0.492 e. The first-order valence-electron chi connectivity index (χ1n) is 21.0. The minimum absolute atomic E-state index is 0.0446. The Morgan fingerprint density at radius 1 is 0.544 bits per heavy atom. The van der Waals surface area contributed by atoms with Gasteiger partial charge in [-0.05, 0) is 112 Å². The van der Waals surface area contributed by atoms with Crippen molar-refractivity contribution >= 4 is 116 Å². The second-order valence-corrected chi connectivity index (χ2v) is 16.4. The topological polar surface area (TPSA) is 218 Å². The smallest absolute Gasteiger partial charge is 0.258 e. The van der Waals surface area contributed by atoms with Gasteiger partial charge in [-0.25, -0.2) is 0 Å². The number of anilines is 4. The van der Waals surface area contributed by atoms with E-state index in [2.05, 4.69) is 41.7 Å². The number of nitrogens with zero attached hydrogens (tertiary/aromatic N) is 4. The van der Waals surface area contributed by atoms with Gasteiger partial charge in [-0.2, -0.15) is 20.5 Å². The molecule has 16 nitrogen and oxygen atoms in total. The number of ether oxygens (including phenoxy) is 2. The molecular weight excluding hydrogens is 958 g/mol. The SMILES string of the molecule is CCOc1cc(NC(=O)C(N=Nc2cc(Cl)cc(C(=O)Nc3cccc(CCCl)c3)c2)C(C)=O)c(OCC)cc1NC(=O)C(N=Nc1cc(Cl)cc(C(=O)Nc2cccc(CCCl)c2)c1)C(C)=O. The molecule has 20 heteroatoms. The highest BCUT2D eigenvalue weighted by molar-refractivity contribution is 6.31. The number of nitrogens with one attached hydrogen (secondary N) is 4. The molecule has 2 unspecified atom stereocenters. The number of aryl methyl sites for hydroxylation is 2. The van der Waals surface area contributed by atoms with Gasteiger partial charge >= 0.3 is 0 Å². The van der Waals surface area contributed by atoms with E-state index in [4.69, 9.17) is 55.9 Å². The molecule has 5 rings (SSSR count). The zero-order chi connectivity index (χ0) is 49.3. The maximum Gasteiger partial charge on any atom is 0.258 e. The standard InChI is InChI=1S/C48H46Cl4N8O8/c1-5-67-41-25-40(56-48(66)44(28(4)62)60-58-38-22-32(20-34(52)24-38)46(64)54-36-12-8-10-30(18-36)14-16-50)42(68-6-2)26-39(41)55-47(65)43(27(3)61)59-57-37-21-31(19-33(51)23-37)45(63)53-35-11-7-9-29(17-35)13-15-49/h7-12,17-26,43-44H,5-6,13-16H2,1-4H3,(H,53,63)(H,54,64)(H,55,65)(H,56,66). The highest BCUT2D eigenvalue weighted by Crippen LogP contribution is 2.38. The number of alkyl halides is 2. The highest BCUT2D eigenvalue weighted by atomic mass is 35.5. The maximum atomic E-state index is 13.7. The van der Waals surface area contributed by atoms with E-state index in [1.165, 1.54) is 48.5 Å². The average Bonchev–Trinajstić information content (AvgIpc) is 3.28. The Morgan fingerprint density at radius 3 is 1.29 bits per heavy atom. The maximum absolute atomic E-state index is 13.7. The third-order valence-corrected chi connectivity index (χ3v) is 10.3. The van der Waals surface area contributed by atoms with E-state index in [0.717, 1.165) is 25.0 Å². The number of hydrogen-bond donors (Lipinski definition) is 4. The zero-order valence-electron chi connectivity index (χ0n) is 37.2. The first kappa shape index (κ1) is 52.3. The number of carbonyl (C=O) groups excluding carboxylic acids is 6. The van der Waals surface area contributed by atoms with Crippen molar-refractivity contribution in [3.05, 3.63) is 129 Å². The van der Waals surface area contributed by atoms with Gasteiger partial charge in [0.1, 0.15) is 11.5 Å². The van der Waals surface area contributed by atoms with Crippen LogP contribution >= 0.6 is 46.4 Å². The van der Waals surface area contributed by atoms with Crippen LogP contribution in [-0.4, -0.2) is 72.3 Å². The van der Waals surface area contributed by atoms with Crippen LogP contribution in [0.15, 0.2) is 118 Å². The van der Waals surface area contributed by atoms with Crippen molar-refractivity contribution in [3.63, 3.8) is 0 Å². The van der Waals surface area contributed by atoms with Crippen molar-refractivity contribution in [1.82, 2.24) is 0 Å². The lowest BCUT2D eigenvalue weighted by molar-refractivity contribution is -0.127. The molecule has 4 amide bonds. The second kappa shape index (κ2) is 25.4. The summed E-state index contributed by atoms with van der Waals surface area (Å²) in [6.07, 6.45) is 1.24. The van der Waals surface area contributed by atoms with Gasteiger partial charge < -0.3 is 30.7 Å². The molecule has 0 bridgehead atoms. The van der Waals surface area contributed by atoms with Crippen LogP contribution < -0.4 is 30.7 Å². The summed E-state index contributed by atoms with van der Waals surface area (Å²) in [5.41, 5.74) is 3.52. The molecule has 0 aliphatic carbocycles. The van der Waals surface area contributed by atoms with E-state index in [1.807, 2.05) is 12.1 Å². The Hall–Kier alpha value is -6.72. The number of Topliss-reactive ketones (excluding diaryl/α,β-unsaturated/α-hetero) is 2. The van der Waals surface area contributed by atoms with Crippen molar-refractivity contribution in [1.29, 1.82) is 0 Å². The number of hydrogen-bond acceptors (Lipinski definition) is 12. The van der Waals surface area contributed by atoms with E-state index in [-0.39, 0.29) is 68.6 Å². The van der Waals surface area contributed by atoms with Crippen molar-refractivity contribution in [2.75, 3.05) is 46.2 Å².